The van der Waals surface area contributed by atoms with E-state index >= 15 is 0 Å². The predicted molar refractivity (Wildman–Crippen MR) is 230 cm³/mol. The number of benzene rings is 2. The van der Waals surface area contributed by atoms with Crippen LogP contribution in [0.25, 0.3) is 22.1 Å². The summed E-state index contributed by atoms with van der Waals surface area (Å²) in [5, 5.41) is 13.0. The minimum Gasteiger partial charge on any atom is -0.385 e. The van der Waals surface area contributed by atoms with E-state index in [1.807, 2.05) is 10.6 Å². The normalized spacial score (nSPS) is 18.5. The highest BCUT2D eigenvalue weighted by molar-refractivity contribution is 7.92. The molecule has 310 valence electrons. The summed E-state index contributed by atoms with van der Waals surface area (Å²) >= 11 is 0. The molecule has 2 aromatic carbocycles. The fourth-order valence-electron chi connectivity index (χ4n) is 9.53. The van der Waals surface area contributed by atoms with Crippen molar-refractivity contribution < 1.29 is 16.8 Å². The Labute approximate surface area is 345 Å². The zero-order valence-corrected chi connectivity index (χ0v) is 34.2. The van der Waals surface area contributed by atoms with Gasteiger partial charge in [0.05, 0.1) is 50.9 Å². The molecule has 18 nitrogen and oxygen atoms in total. The van der Waals surface area contributed by atoms with Crippen LogP contribution in [0.5, 0.6) is 0 Å². The summed E-state index contributed by atoms with van der Waals surface area (Å²) in [7, 11) is -8.01. The predicted octanol–water partition coefficient (Wildman–Crippen LogP) is 5.02. The summed E-state index contributed by atoms with van der Waals surface area (Å²) in [6.07, 6.45) is 13.1. The SMILES string of the molecule is NC1=NCC2(CCCCC2)n2c1cc1cnc(Nc3ccc(S(=O)(=O)Nc4c5n(c6nc(Nc7ccc(S(N)(=O)=O)cc7)ncc46)C4(CCCCC4)C(N)=NC5)cc3)nc12. The molecule has 0 amide bonds. The minimum absolute atomic E-state index is 0.0294. The molecule has 0 atom stereocenters. The number of primary sulfonamides is 1. The Balaban J connectivity index is 0.958. The van der Waals surface area contributed by atoms with E-state index in [1.54, 1.807) is 36.7 Å². The molecule has 2 saturated carbocycles. The molecule has 60 heavy (non-hydrogen) atoms. The van der Waals surface area contributed by atoms with Crippen molar-refractivity contribution >= 4 is 82.7 Å². The number of nitrogens with one attached hydrogen (secondary N) is 3. The van der Waals surface area contributed by atoms with E-state index in [4.69, 9.17) is 31.6 Å². The van der Waals surface area contributed by atoms with Gasteiger partial charge in [0, 0.05) is 29.2 Å². The van der Waals surface area contributed by atoms with Crippen molar-refractivity contribution in [2.45, 2.75) is 91.6 Å². The summed E-state index contributed by atoms with van der Waals surface area (Å²) < 4.78 is 59.2. The van der Waals surface area contributed by atoms with Gasteiger partial charge in [0.15, 0.2) is 0 Å². The van der Waals surface area contributed by atoms with E-state index in [2.05, 4.69) is 34.9 Å². The fraction of sp³-hybridized carbons (Fsp3) is 0.350. The monoisotopic (exact) mass is 848 g/mol. The van der Waals surface area contributed by atoms with Crippen molar-refractivity contribution in [2.75, 3.05) is 21.9 Å². The average Bonchev–Trinajstić information content (AvgIpc) is 3.78. The van der Waals surface area contributed by atoms with Crippen molar-refractivity contribution in [3.05, 3.63) is 78.4 Å². The molecule has 2 spiro atoms. The molecule has 0 bridgehead atoms. The van der Waals surface area contributed by atoms with Crippen LogP contribution in [0.4, 0.5) is 29.0 Å². The molecule has 4 aromatic heterocycles. The van der Waals surface area contributed by atoms with Gasteiger partial charge < -0.3 is 31.2 Å². The van der Waals surface area contributed by atoms with Crippen LogP contribution in [0.2, 0.25) is 0 Å². The van der Waals surface area contributed by atoms with Gasteiger partial charge in [-0.1, -0.05) is 38.5 Å². The van der Waals surface area contributed by atoms with Gasteiger partial charge in [0.2, 0.25) is 21.9 Å². The number of aromatic nitrogens is 6. The molecule has 6 heterocycles. The lowest BCUT2D eigenvalue weighted by Gasteiger charge is -2.41. The average molecular weight is 849 g/mol. The Hall–Kier alpha value is -6.12. The molecule has 2 fully saturated rings. The zero-order valence-electron chi connectivity index (χ0n) is 32.6. The van der Waals surface area contributed by atoms with Gasteiger partial charge in [-0.3, -0.25) is 14.7 Å². The second-order valence-corrected chi connectivity index (χ2v) is 19.4. The largest absolute Gasteiger partial charge is 0.385 e. The molecule has 10 rings (SSSR count). The van der Waals surface area contributed by atoms with E-state index in [-0.39, 0.29) is 27.8 Å². The highest BCUT2D eigenvalue weighted by atomic mass is 32.2. The standard InChI is InChI=1S/C40H44N14O4S2/c41-33-30-19-24-20-45-37(50-34(24)53(30)39(23-47-33)15-3-1-4-16-39)48-26-9-13-28(14-10-26)60(57,58)52-32-29-21-46-38(49-25-7-11-27(12-8-25)59(43,55)56)51-35(29)54-31(32)22-44-36(42)40(54)17-5-2-6-18-40/h7-14,19-21,52H,1-6,15-18,22-23H2,(H2,41,47)(H2,42,44)(H2,43,55,56)(H,45,48,50)(H,46,49,51). The maximum Gasteiger partial charge on any atom is 0.261 e. The molecule has 9 N–H and O–H groups in total. The van der Waals surface area contributed by atoms with Gasteiger partial charge in [0.1, 0.15) is 28.5 Å². The Morgan fingerprint density at radius 2 is 1.28 bits per heavy atom. The molecule has 0 saturated heterocycles. The van der Waals surface area contributed by atoms with Crippen LogP contribution in [0, 0.1) is 0 Å². The molecule has 2 aliphatic carbocycles. The van der Waals surface area contributed by atoms with Crippen molar-refractivity contribution in [1.29, 1.82) is 0 Å². The highest BCUT2D eigenvalue weighted by Crippen LogP contribution is 2.46. The number of nitrogens with two attached hydrogens (primary N) is 3. The molecule has 0 unspecified atom stereocenters. The van der Waals surface area contributed by atoms with E-state index in [0.29, 0.717) is 70.8 Å². The molecule has 6 aromatic rings. The summed E-state index contributed by atoms with van der Waals surface area (Å²) in [6.45, 7) is 0.766. The first-order valence-corrected chi connectivity index (χ1v) is 23.1. The van der Waals surface area contributed by atoms with E-state index in [0.717, 1.165) is 61.7 Å². The van der Waals surface area contributed by atoms with Crippen LogP contribution >= 0.6 is 0 Å². The topological polar surface area (TPSA) is 269 Å². The van der Waals surface area contributed by atoms with Gasteiger partial charge in [-0.15, -0.1) is 0 Å². The van der Waals surface area contributed by atoms with E-state index in [1.165, 1.54) is 30.7 Å². The molecule has 20 heteroatoms. The molecule has 0 radical (unpaired) electrons. The van der Waals surface area contributed by atoms with Crippen molar-refractivity contribution in [3.63, 3.8) is 0 Å². The number of fused-ring (bicyclic) bond motifs is 8. The maximum atomic E-state index is 14.2. The van der Waals surface area contributed by atoms with Crippen LogP contribution in [-0.2, 0) is 37.7 Å². The third kappa shape index (κ3) is 6.31. The first kappa shape index (κ1) is 38.1. The lowest BCUT2D eigenvalue weighted by molar-refractivity contribution is 0.203. The first-order valence-electron chi connectivity index (χ1n) is 20.0. The number of hydrogen-bond donors (Lipinski definition) is 6. The lowest BCUT2D eigenvalue weighted by Crippen LogP contribution is -2.50. The molecular weight excluding hydrogens is 805 g/mol. The van der Waals surface area contributed by atoms with Crippen LogP contribution < -0.4 is 32.0 Å². The smallest absolute Gasteiger partial charge is 0.261 e. The Morgan fingerprint density at radius 3 is 1.93 bits per heavy atom. The van der Waals surface area contributed by atoms with Crippen LogP contribution in [0.15, 0.2) is 86.8 Å². The van der Waals surface area contributed by atoms with Crippen molar-refractivity contribution in [3.8, 4) is 0 Å². The Bertz CT molecular complexity index is 2980. The first-order chi connectivity index (χ1) is 28.8. The number of hydrogen-bond acceptors (Lipinski definition) is 14. The van der Waals surface area contributed by atoms with E-state index in [9.17, 15) is 16.8 Å². The second kappa shape index (κ2) is 14.0. The van der Waals surface area contributed by atoms with Crippen LogP contribution in [-0.4, -0.2) is 64.1 Å². The number of aliphatic imine (C=N–C) groups is 2. The second-order valence-electron chi connectivity index (χ2n) is 16.2. The summed E-state index contributed by atoms with van der Waals surface area (Å²) in [6, 6.07) is 14.3. The number of rotatable bonds is 8. The Morgan fingerprint density at radius 1 is 0.683 bits per heavy atom. The van der Waals surface area contributed by atoms with Crippen molar-refractivity contribution in [2.24, 2.45) is 26.6 Å². The van der Waals surface area contributed by atoms with Gasteiger partial charge >= 0.3 is 0 Å². The van der Waals surface area contributed by atoms with Crippen molar-refractivity contribution in [1.82, 2.24) is 29.1 Å². The van der Waals surface area contributed by atoms with Crippen LogP contribution in [0.1, 0.15) is 75.6 Å². The zero-order chi connectivity index (χ0) is 41.4. The van der Waals surface area contributed by atoms with Gasteiger partial charge in [-0.05, 0) is 80.3 Å². The summed E-state index contributed by atoms with van der Waals surface area (Å²) in [5.74, 6) is 1.59. The third-order valence-corrected chi connectivity index (χ3v) is 14.8. The number of nitrogens with zero attached hydrogens (tertiary/aromatic N) is 8. The highest BCUT2D eigenvalue weighted by Gasteiger charge is 2.44. The molecular formula is C40H44N14O4S2. The molecule has 4 aliphatic rings. The number of sulfonamides is 2. The maximum absolute atomic E-state index is 14.2. The quantitative estimate of drug-likeness (QED) is 0.118. The molecule has 2 aliphatic heterocycles. The number of amidine groups is 2. The lowest BCUT2D eigenvalue weighted by atomic mass is 9.79. The minimum atomic E-state index is -4.14. The Kier molecular flexibility index (Phi) is 8.88. The van der Waals surface area contributed by atoms with Gasteiger partial charge in [-0.2, -0.15) is 9.97 Å². The number of anilines is 5. The third-order valence-electron chi connectivity index (χ3n) is 12.5. The van der Waals surface area contributed by atoms with Gasteiger partial charge in [0.25, 0.3) is 10.0 Å². The fourth-order valence-corrected chi connectivity index (χ4v) is 11.2. The van der Waals surface area contributed by atoms with E-state index < -0.39 is 25.6 Å². The summed E-state index contributed by atoms with van der Waals surface area (Å²) in [5.41, 5.74) is 16.5. The van der Waals surface area contributed by atoms with Gasteiger partial charge in [-0.25, -0.2) is 31.9 Å². The summed E-state index contributed by atoms with van der Waals surface area (Å²) in [4.78, 5) is 28.4. The van der Waals surface area contributed by atoms with Crippen LogP contribution in [0.3, 0.4) is 0 Å².